The minimum Gasteiger partial charge on any atom is -0.496 e. The van der Waals surface area contributed by atoms with Crippen molar-refractivity contribution in [3.8, 4) is 5.75 Å². The Morgan fingerprint density at radius 3 is 2.21 bits per heavy atom. The van der Waals surface area contributed by atoms with Crippen LogP contribution in [0.25, 0.3) is 10.8 Å². The first-order valence-corrected chi connectivity index (χ1v) is 10.7. The number of hydrogen-bond acceptors (Lipinski definition) is 5. The number of fused-ring (bicyclic) bond motifs is 1. The third-order valence-electron chi connectivity index (χ3n) is 4.33. The van der Waals surface area contributed by atoms with Crippen LogP contribution in [0.2, 0.25) is 10.0 Å². The Morgan fingerprint density at radius 1 is 1.07 bits per heavy atom. The zero-order valence-electron chi connectivity index (χ0n) is 15.4. The van der Waals surface area contributed by atoms with Crippen LogP contribution < -0.4 is 10.1 Å². The number of carboxylic acids is 1. The van der Waals surface area contributed by atoms with E-state index in [0.29, 0.717) is 16.5 Å². The second-order valence-corrected chi connectivity index (χ2v) is 9.07. The molecule has 0 fully saturated rings. The van der Waals surface area contributed by atoms with E-state index in [1.807, 2.05) is 0 Å². The molecule has 0 aliphatic heterocycles. The SMILES string of the molecule is COc1cc(NC(C)C(=O)O)c(S(=O)(=O)c2cc(Cl)cc(Cl)c2)c2ccccc12. The molecule has 152 valence electrons. The molecular formula is C20H17Cl2NO5S. The summed E-state index contributed by atoms with van der Waals surface area (Å²) in [5, 5.41) is 13.3. The van der Waals surface area contributed by atoms with Crippen molar-refractivity contribution in [2.75, 3.05) is 12.4 Å². The molecule has 9 heteroatoms. The maximum atomic E-state index is 13.6. The molecule has 3 aromatic carbocycles. The van der Waals surface area contributed by atoms with Crippen molar-refractivity contribution >= 4 is 55.5 Å². The van der Waals surface area contributed by atoms with Crippen LogP contribution in [-0.2, 0) is 14.6 Å². The fraction of sp³-hybridized carbons (Fsp3) is 0.150. The Bertz CT molecular complexity index is 1190. The van der Waals surface area contributed by atoms with E-state index in [1.54, 1.807) is 24.3 Å². The Hall–Kier alpha value is -2.48. The number of carboxylic acid groups (broad SMARTS) is 1. The lowest BCUT2D eigenvalue weighted by Crippen LogP contribution is -2.26. The first-order chi connectivity index (χ1) is 13.6. The highest BCUT2D eigenvalue weighted by atomic mass is 35.5. The van der Waals surface area contributed by atoms with Crippen LogP contribution in [0.4, 0.5) is 5.69 Å². The largest absolute Gasteiger partial charge is 0.496 e. The molecule has 1 atom stereocenters. The van der Waals surface area contributed by atoms with Gasteiger partial charge in [-0.2, -0.15) is 0 Å². The maximum absolute atomic E-state index is 13.6. The fourth-order valence-electron chi connectivity index (χ4n) is 2.98. The van der Waals surface area contributed by atoms with Crippen LogP contribution in [0.5, 0.6) is 5.75 Å². The average molecular weight is 454 g/mol. The van der Waals surface area contributed by atoms with E-state index in [4.69, 9.17) is 27.9 Å². The summed E-state index contributed by atoms with van der Waals surface area (Å²) in [5.74, 6) is -0.727. The van der Waals surface area contributed by atoms with Gasteiger partial charge in [-0.25, -0.2) is 8.42 Å². The number of benzene rings is 3. The molecule has 1 unspecified atom stereocenters. The predicted octanol–water partition coefficient (Wildman–Crippen LogP) is 4.87. The lowest BCUT2D eigenvalue weighted by molar-refractivity contribution is -0.137. The van der Waals surface area contributed by atoms with E-state index >= 15 is 0 Å². The molecule has 0 radical (unpaired) electrons. The lowest BCUT2D eigenvalue weighted by atomic mass is 10.1. The van der Waals surface area contributed by atoms with Gasteiger partial charge in [-0.15, -0.1) is 0 Å². The number of halogens is 2. The van der Waals surface area contributed by atoms with Crippen LogP contribution in [0.1, 0.15) is 6.92 Å². The summed E-state index contributed by atoms with van der Waals surface area (Å²) >= 11 is 12.0. The van der Waals surface area contributed by atoms with Crippen molar-refractivity contribution < 1.29 is 23.1 Å². The molecule has 3 rings (SSSR count). The van der Waals surface area contributed by atoms with E-state index in [2.05, 4.69) is 5.32 Å². The van der Waals surface area contributed by atoms with Crippen molar-refractivity contribution in [1.82, 2.24) is 0 Å². The number of nitrogens with one attached hydrogen (secondary N) is 1. The van der Waals surface area contributed by atoms with Gasteiger partial charge in [-0.05, 0) is 25.1 Å². The van der Waals surface area contributed by atoms with Gasteiger partial charge in [0.2, 0.25) is 9.84 Å². The summed E-state index contributed by atoms with van der Waals surface area (Å²) in [4.78, 5) is 11.2. The Kier molecular flexibility index (Phi) is 5.93. The van der Waals surface area contributed by atoms with Crippen molar-refractivity contribution in [2.24, 2.45) is 0 Å². The van der Waals surface area contributed by atoms with Crippen molar-refractivity contribution in [3.05, 3.63) is 58.6 Å². The van der Waals surface area contributed by atoms with Gasteiger partial charge in [0.1, 0.15) is 16.7 Å². The topological polar surface area (TPSA) is 92.7 Å². The lowest BCUT2D eigenvalue weighted by Gasteiger charge is -2.19. The summed E-state index contributed by atoms with van der Waals surface area (Å²) in [5.41, 5.74) is 0.103. The molecular weight excluding hydrogens is 437 g/mol. The molecule has 2 N–H and O–H groups in total. The molecule has 0 spiro atoms. The minimum absolute atomic E-state index is 0.0830. The van der Waals surface area contributed by atoms with E-state index in [1.165, 1.54) is 38.3 Å². The zero-order chi connectivity index (χ0) is 21.3. The Morgan fingerprint density at radius 2 is 1.66 bits per heavy atom. The molecule has 0 amide bonds. The van der Waals surface area contributed by atoms with Crippen LogP contribution in [-0.4, -0.2) is 32.6 Å². The highest BCUT2D eigenvalue weighted by Crippen LogP contribution is 2.40. The van der Waals surface area contributed by atoms with E-state index in [-0.39, 0.29) is 25.5 Å². The molecule has 6 nitrogen and oxygen atoms in total. The summed E-state index contributed by atoms with van der Waals surface area (Å²) in [6.45, 7) is 1.41. The summed E-state index contributed by atoms with van der Waals surface area (Å²) < 4.78 is 32.6. The molecule has 0 aliphatic carbocycles. The molecule has 0 saturated carbocycles. The first kappa shape index (κ1) is 21.2. The third kappa shape index (κ3) is 4.12. The van der Waals surface area contributed by atoms with Crippen LogP contribution >= 0.6 is 23.2 Å². The van der Waals surface area contributed by atoms with E-state index < -0.39 is 21.8 Å². The number of anilines is 1. The summed E-state index contributed by atoms with van der Waals surface area (Å²) in [6, 6.07) is 11.3. The Balaban J connectivity index is 2.38. The standard InChI is InChI=1S/C20H17Cl2NO5S/c1-11(20(24)25)23-17-10-18(28-2)15-5-3-4-6-16(15)19(17)29(26,27)14-8-12(21)7-13(22)9-14/h3-11,23H,1-2H3,(H,24,25). The maximum Gasteiger partial charge on any atom is 0.325 e. The summed E-state index contributed by atoms with van der Waals surface area (Å²) in [7, 11) is -2.66. The smallest absolute Gasteiger partial charge is 0.325 e. The van der Waals surface area contributed by atoms with Gasteiger partial charge < -0.3 is 15.2 Å². The number of carbonyl (C=O) groups is 1. The first-order valence-electron chi connectivity index (χ1n) is 8.45. The van der Waals surface area contributed by atoms with Gasteiger partial charge in [-0.1, -0.05) is 47.5 Å². The number of hydrogen-bond donors (Lipinski definition) is 2. The number of ether oxygens (including phenoxy) is 1. The Labute approximate surface area is 177 Å². The fourth-order valence-corrected chi connectivity index (χ4v) is 5.31. The monoisotopic (exact) mass is 453 g/mol. The van der Waals surface area contributed by atoms with Gasteiger partial charge >= 0.3 is 5.97 Å². The quantitative estimate of drug-likeness (QED) is 0.552. The number of methoxy groups -OCH3 is 1. The van der Waals surface area contributed by atoms with Gasteiger partial charge in [0.15, 0.2) is 0 Å². The molecule has 0 aliphatic rings. The van der Waals surface area contributed by atoms with E-state index in [0.717, 1.165) is 0 Å². The summed E-state index contributed by atoms with van der Waals surface area (Å²) in [6.07, 6.45) is 0. The third-order valence-corrected chi connectivity index (χ3v) is 6.60. The number of aliphatic carboxylic acids is 1. The number of rotatable bonds is 6. The van der Waals surface area contributed by atoms with E-state index in [9.17, 15) is 18.3 Å². The van der Waals surface area contributed by atoms with Crippen LogP contribution in [0.3, 0.4) is 0 Å². The van der Waals surface area contributed by atoms with Gasteiger partial charge in [0.25, 0.3) is 0 Å². The van der Waals surface area contributed by atoms with Crippen molar-refractivity contribution in [3.63, 3.8) is 0 Å². The van der Waals surface area contributed by atoms with Crippen LogP contribution in [0.15, 0.2) is 58.3 Å². The van der Waals surface area contributed by atoms with Gasteiger partial charge in [0, 0.05) is 26.9 Å². The zero-order valence-corrected chi connectivity index (χ0v) is 17.8. The van der Waals surface area contributed by atoms with Gasteiger partial charge in [-0.3, -0.25) is 4.79 Å². The second kappa shape index (κ2) is 8.10. The second-order valence-electron chi connectivity index (χ2n) is 6.31. The highest BCUT2D eigenvalue weighted by molar-refractivity contribution is 7.92. The predicted molar refractivity (Wildman–Crippen MR) is 113 cm³/mol. The van der Waals surface area contributed by atoms with Crippen molar-refractivity contribution in [2.45, 2.75) is 22.8 Å². The van der Waals surface area contributed by atoms with Gasteiger partial charge in [0.05, 0.1) is 17.7 Å². The molecule has 29 heavy (non-hydrogen) atoms. The molecule has 0 bridgehead atoms. The molecule has 0 heterocycles. The average Bonchev–Trinajstić information content (AvgIpc) is 2.66. The van der Waals surface area contributed by atoms with Crippen molar-refractivity contribution in [1.29, 1.82) is 0 Å². The normalized spacial score (nSPS) is 12.6. The number of sulfone groups is 1. The van der Waals surface area contributed by atoms with Crippen LogP contribution in [0, 0.1) is 0 Å². The minimum atomic E-state index is -4.12. The highest BCUT2D eigenvalue weighted by Gasteiger charge is 2.28. The molecule has 0 saturated heterocycles. The molecule has 3 aromatic rings. The molecule has 0 aromatic heterocycles.